The maximum atomic E-state index is 6.14. The first-order chi connectivity index (χ1) is 8.19. The molecule has 0 radical (unpaired) electrons. The van der Waals surface area contributed by atoms with Gasteiger partial charge in [0.1, 0.15) is 5.75 Å². The van der Waals surface area contributed by atoms with Crippen LogP contribution in [0.1, 0.15) is 0 Å². The molecule has 17 heavy (non-hydrogen) atoms. The summed E-state index contributed by atoms with van der Waals surface area (Å²) in [6.07, 6.45) is 0. The van der Waals surface area contributed by atoms with Crippen molar-refractivity contribution in [2.75, 3.05) is 38.7 Å². The summed E-state index contributed by atoms with van der Waals surface area (Å²) in [5.74, 6) is 0.751. The van der Waals surface area contributed by atoms with E-state index in [-0.39, 0.29) is 5.41 Å². The van der Waals surface area contributed by atoms with Gasteiger partial charge in [0.2, 0.25) is 0 Å². The van der Waals surface area contributed by atoms with Gasteiger partial charge >= 0.3 is 0 Å². The zero-order chi connectivity index (χ0) is 12.3. The molecule has 1 heterocycles. The zero-order valence-corrected chi connectivity index (χ0v) is 10.6. The Balaban J connectivity index is 1.99. The van der Waals surface area contributed by atoms with Crippen LogP contribution in [-0.4, -0.2) is 33.4 Å². The van der Waals surface area contributed by atoms with E-state index in [0.717, 1.165) is 18.0 Å². The van der Waals surface area contributed by atoms with Crippen molar-refractivity contribution in [2.45, 2.75) is 0 Å². The smallest absolute Gasteiger partial charge is 0.120 e. The van der Waals surface area contributed by atoms with Crippen molar-refractivity contribution in [2.24, 2.45) is 11.1 Å². The van der Waals surface area contributed by atoms with Crippen molar-refractivity contribution in [1.82, 2.24) is 0 Å². The Bertz CT molecular complexity index is 389. The van der Waals surface area contributed by atoms with Gasteiger partial charge in [0, 0.05) is 24.6 Å². The zero-order valence-electron chi connectivity index (χ0n) is 9.83. The highest BCUT2D eigenvalue weighted by Gasteiger charge is 2.37. The fourth-order valence-corrected chi connectivity index (χ4v) is 1.97. The van der Waals surface area contributed by atoms with E-state index in [4.69, 9.17) is 26.8 Å². The van der Waals surface area contributed by atoms with Gasteiger partial charge in [-0.15, -0.1) is 0 Å². The van der Waals surface area contributed by atoms with Crippen LogP contribution in [0.5, 0.6) is 5.75 Å². The first kappa shape index (κ1) is 12.5. The minimum atomic E-state index is 0.0588. The molecule has 0 unspecified atom stereocenters. The Labute approximate surface area is 106 Å². The highest BCUT2D eigenvalue weighted by molar-refractivity contribution is 6.33. The molecule has 4 nitrogen and oxygen atoms in total. The molecule has 1 fully saturated rings. The molecule has 0 aromatic heterocycles. The van der Waals surface area contributed by atoms with Gasteiger partial charge in [-0.3, -0.25) is 0 Å². The molecule has 1 aromatic rings. The molecule has 1 saturated heterocycles. The highest BCUT2D eigenvalue weighted by Crippen LogP contribution is 2.30. The quantitative estimate of drug-likeness (QED) is 0.843. The maximum Gasteiger partial charge on any atom is 0.120 e. The van der Waals surface area contributed by atoms with Crippen molar-refractivity contribution in [1.29, 1.82) is 0 Å². The summed E-state index contributed by atoms with van der Waals surface area (Å²) in [4.78, 5) is 0. The number of ether oxygens (including phenoxy) is 2. The standard InChI is InChI=1S/C12H17ClN2O2/c1-16-9-2-3-11(10(13)4-9)15-6-12(5-14)7-17-8-12/h2-4,15H,5-8,14H2,1H3. The number of nitrogens with two attached hydrogens (primary N) is 1. The molecule has 0 amide bonds. The molecule has 5 heteroatoms. The predicted octanol–water partition coefficient (Wildman–Crippen LogP) is 1.74. The van der Waals surface area contributed by atoms with Crippen molar-refractivity contribution < 1.29 is 9.47 Å². The van der Waals surface area contributed by atoms with Crippen molar-refractivity contribution >= 4 is 17.3 Å². The van der Waals surface area contributed by atoms with Crippen LogP contribution in [-0.2, 0) is 4.74 Å². The number of rotatable bonds is 5. The second-order valence-electron chi connectivity index (χ2n) is 4.40. The van der Waals surface area contributed by atoms with Crippen molar-refractivity contribution in [3.05, 3.63) is 23.2 Å². The second kappa shape index (κ2) is 5.12. The van der Waals surface area contributed by atoms with E-state index in [1.54, 1.807) is 13.2 Å². The topological polar surface area (TPSA) is 56.5 Å². The Hall–Kier alpha value is -0.970. The summed E-state index contributed by atoms with van der Waals surface area (Å²) >= 11 is 6.14. The molecule has 0 bridgehead atoms. The third-order valence-corrected chi connectivity index (χ3v) is 3.39. The van der Waals surface area contributed by atoms with Gasteiger partial charge in [-0.05, 0) is 12.1 Å². The minimum Gasteiger partial charge on any atom is -0.497 e. The summed E-state index contributed by atoms with van der Waals surface area (Å²) in [6, 6.07) is 5.57. The summed E-state index contributed by atoms with van der Waals surface area (Å²) in [5.41, 5.74) is 6.70. The number of halogens is 1. The van der Waals surface area contributed by atoms with Crippen LogP contribution in [0.3, 0.4) is 0 Å². The minimum absolute atomic E-state index is 0.0588. The van der Waals surface area contributed by atoms with E-state index >= 15 is 0 Å². The monoisotopic (exact) mass is 256 g/mol. The molecule has 3 N–H and O–H groups in total. The molecule has 2 rings (SSSR count). The van der Waals surface area contributed by atoms with E-state index < -0.39 is 0 Å². The van der Waals surface area contributed by atoms with Crippen molar-refractivity contribution in [3.8, 4) is 5.75 Å². The van der Waals surface area contributed by atoms with Gasteiger partial charge in [0.15, 0.2) is 0 Å². The lowest BCUT2D eigenvalue weighted by Gasteiger charge is -2.40. The van der Waals surface area contributed by atoms with Crippen LogP contribution in [0.4, 0.5) is 5.69 Å². The average molecular weight is 257 g/mol. The molecular formula is C12H17ClN2O2. The van der Waals surface area contributed by atoms with Gasteiger partial charge in [-0.25, -0.2) is 0 Å². The largest absolute Gasteiger partial charge is 0.497 e. The van der Waals surface area contributed by atoms with Crippen LogP contribution in [0.15, 0.2) is 18.2 Å². The number of benzene rings is 1. The van der Waals surface area contributed by atoms with Gasteiger partial charge in [0.25, 0.3) is 0 Å². The van der Waals surface area contributed by atoms with Crippen LogP contribution >= 0.6 is 11.6 Å². The summed E-state index contributed by atoms with van der Waals surface area (Å²) in [7, 11) is 1.62. The fraction of sp³-hybridized carbons (Fsp3) is 0.500. The summed E-state index contributed by atoms with van der Waals surface area (Å²) in [5, 5.41) is 3.96. The third kappa shape index (κ3) is 2.65. The average Bonchev–Trinajstić information content (AvgIpc) is 2.30. The lowest BCUT2D eigenvalue weighted by atomic mass is 9.86. The van der Waals surface area contributed by atoms with E-state index in [9.17, 15) is 0 Å². The van der Waals surface area contributed by atoms with Crippen LogP contribution < -0.4 is 15.8 Å². The van der Waals surface area contributed by atoms with Crippen molar-refractivity contribution in [3.63, 3.8) is 0 Å². The van der Waals surface area contributed by atoms with E-state index in [2.05, 4.69) is 5.32 Å². The fourth-order valence-electron chi connectivity index (χ4n) is 1.73. The van der Waals surface area contributed by atoms with Gasteiger partial charge in [-0.2, -0.15) is 0 Å². The molecule has 0 saturated carbocycles. The lowest BCUT2D eigenvalue weighted by molar-refractivity contribution is -0.0979. The Morgan fingerprint density at radius 3 is 2.76 bits per heavy atom. The maximum absolute atomic E-state index is 6.14. The third-order valence-electron chi connectivity index (χ3n) is 3.08. The molecule has 0 aliphatic carbocycles. The van der Waals surface area contributed by atoms with Crippen LogP contribution in [0.2, 0.25) is 5.02 Å². The lowest BCUT2D eigenvalue weighted by Crippen LogP contribution is -2.52. The number of nitrogens with one attached hydrogen (secondary N) is 1. The number of methoxy groups -OCH3 is 1. The first-order valence-electron chi connectivity index (χ1n) is 5.54. The Morgan fingerprint density at radius 1 is 1.53 bits per heavy atom. The summed E-state index contributed by atoms with van der Waals surface area (Å²) in [6.45, 7) is 2.82. The van der Waals surface area contributed by atoms with Crippen LogP contribution in [0, 0.1) is 5.41 Å². The van der Waals surface area contributed by atoms with E-state index in [1.165, 1.54) is 0 Å². The van der Waals surface area contributed by atoms with E-state index in [0.29, 0.717) is 24.8 Å². The van der Waals surface area contributed by atoms with E-state index in [1.807, 2.05) is 12.1 Å². The SMILES string of the molecule is COc1ccc(NCC2(CN)COC2)c(Cl)c1. The van der Waals surface area contributed by atoms with Gasteiger partial charge in [0.05, 0.1) is 31.0 Å². The molecule has 94 valence electrons. The summed E-state index contributed by atoms with van der Waals surface area (Å²) < 4.78 is 10.3. The highest BCUT2D eigenvalue weighted by atomic mass is 35.5. The molecule has 1 aromatic carbocycles. The number of hydrogen-bond acceptors (Lipinski definition) is 4. The second-order valence-corrected chi connectivity index (χ2v) is 4.80. The molecular weight excluding hydrogens is 240 g/mol. The number of anilines is 1. The number of hydrogen-bond donors (Lipinski definition) is 2. The van der Waals surface area contributed by atoms with Crippen LogP contribution in [0.25, 0.3) is 0 Å². The normalized spacial score (nSPS) is 17.4. The molecule has 1 aliphatic heterocycles. The Kier molecular flexibility index (Phi) is 3.76. The molecule has 0 spiro atoms. The Morgan fingerprint density at radius 2 is 2.29 bits per heavy atom. The molecule has 0 atom stereocenters. The van der Waals surface area contributed by atoms with Gasteiger partial charge in [-0.1, -0.05) is 11.6 Å². The van der Waals surface area contributed by atoms with Gasteiger partial charge < -0.3 is 20.5 Å². The molecule has 1 aliphatic rings. The predicted molar refractivity (Wildman–Crippen MR) is 68.8 cm³/mol. The first-order valence-corrected chi connectivity index (χ1v) is 5.92.